The zero-order valence-corrected chi connectivity index (χ0v) is 10.2. The van der Waals surface area contributed by atoms with Crippen LogP contribution in [0.25, 0.3) is 0 Å². The first-order chi connectivity index (χ1) is 7.65. The molecule has 0 amide bonds. The minimum Gasteiger partial charge on any atom is -0.258 e. The van der Waals surface area contributed by atoms with Gasteiger partial charge in [0.2, 0.25) is 0 Å². The molecule has 0 N–H and O–H groups in total. The van der Waals surface area contributed by atoms with Crippen LogP contribution in [-0.2, 0) is 0 Å². The van der Waals surface area contributed by atoms with E-state index in [0.29, 0.717) is 0 Å². The molecule has 0 unspecified atom stereocenters. The Hall–Kier alpha value is -1.33. The standard InChI is InChI=1S/C11H9NO2S2/c1-8-2-4-9(5-3-8)15-11-7-6-10(16-11)12(13)14/h2-7H,1H3. The van der Waals surface area contributed by atoms with E-state index in [1.54, 1.807) is 23.9 Å². The molecule has 82 valence electrons. The van der Waals surface area contributed by atoms with Crippen molar-refractivity contribution in [3.8, 4) is 0 Å². The maximum Gasteiger partial charge on any atom is 0.325 e. The molecule has 2 rings (SSSR count). The van der Waals surface area contributed by atoms with Gasteiger partial charge in [-0.3, -0.25) is 10.1 Å². The van der Waals surface area contributed by atoms with Crippen molar-refractivity contribution in [2.45, 2.75) is 16.0 Å². The first kappa shape index (κ1) is 11.2. The molecule has 16 heavy (non-hydrogen) atoms. The van der Waals surface area contributed by atoms with Crippen LogP contribution in [0.1, 0.15) is 5.56 Å². The summed E-state index contributed by atoms with van der Waals surface area (Å²) >= 11 is 2.75. The lowest BCUT2D eigenvalue weighted by Gasteiger charge is -1.97. The van der Waals surface area contributed by atoms with Crippen LogP contribution in [-0.4, -0.2) is 4.92 Å². The van der Waals surface area contributed by atoms with Gasteiger partial charge < -0.3 is 0 Å². The van der Waals surface area contributed by atoms with Crippen molar-refractivity contribution in [2.75, 3.05) is 0 Å². The second-order valence-electron chi connectivity index (χ2n) is 3.26. The SMILES string of the molecule is Cc1ccc(Sc2ccc([N+](=O)[O-])s2)cc1. The van der Waals surface area contributed by atoms with Gasteiger partial charge in [-0.1, -0.05) is 40.8 Å². The summed E-state index contributed by atoms with van der Waals surface area (Å²) in [6.45, 7) is 2.03. The Morgan fingerprint density at radius 1 is 1.19 bits per heavy atom. The van der Waals surface area contributed by atoms with Gasteiger partial charge in [0.05, 0.1) is 9.13 Å². The molecule has 1 aromatic heterocycles. The van der Waals surface area contributed by atoms with Gasteiger partial charge in [-0.25, -0.2) is 0 Å². The third-order valence-electron chi connectivity index (χ3n) is 1.99. The van der Waals surface area contributed by atoms with Gasteiger partial charge >= 0.3 is 5.00 Å². The van der Waals surface area contributed by atoms with Crippen molar-refractivity contribution < 1.29 is 4.92 Å². The topological polar surface area (TPSA) is 43.1 Å². The minimum atomic E-state index is -0.357. The Morgan fingerprint density at radius 2 is 1.88 bits per heavy atom. The summed E-state index contributed by atoms with van der Waals surface area (Å²) in [7, 11) is 0. The molecular weight excluding hydrogens is 242 g/mol. The summed E-state index contributed by atoms with van der Waals surface area (Å²) in [5, 5.41) is 10.7. The second kappa shape index (κ2) is 4.67. The van der Waals surface area contributed by atoms with Crippen molar-refractivity contribution in [3.63, 3.8) is 0 Å². The quantitative estimate of drug-likeness (QED) is 0.609. The third kappa shape index (κ3) is 2.62. The van der Waals surface area contributed by atoms with E-state index in [2.05, 4.69) is 0 Å². The molecule has 0 atom stereocenters. The summed E-state index contributed by atoms with van der Waals surface area (Å²) in [5.41, 5.74) is 1.21. The molecular formula is C11H9NO2S2. The van der Waals surface area contributed by atoms with Crippen LogP contribution in [0.5, 0.6) is 0 Å². The van der Waals surface area contributed by atoms with Crippen molar-refractivity contribution in [1.82, 2.24) is 0 Å². The van der Waals surface area contributed by atoms with E-state index < -0.39 is 0 Å². The number of nitro groups is 1. The number of thiophene rings is 1. The average Bonchev–Trinajstić information content (AvgIpc) is 2.70. The van der Waals surface area contributed by atoms with Crippen LogP contribution in [0.2, 0.25) is 0 Å². The Balaban J connectivity index is 2.14. The molecule has 5 heteroatoms. The fourth-order valence-corrected chi connectivity index (χ4v) is 3.09. The lowest BCUT2D eigenvalue weighted by atomic mass is 10.2. The number of aryl methyl sites for hydroxylation is 1. The molecule has 1 aromatic carbocycles. The number of benzene rings is 1. The van der Waals surface area contributed by atoms with Crippen LogP contribution in [0.15, 0.2) is 45.5 Å². The molecule has 0 spiro atoms. The summed E-state index contributed by atoms with van der Waals surface area (Å²) in [6.07, 6.45) is 0. The maximum absolute atomic E-state index is 10.5. The zero-order chi connectivity index (χ0) is 11.5. The molecule has 1 heterocycles. The largest absolute Gasteiger partial charge is 0.325 e. The van der Waals surface area contributed by atoms with E-state index >= 15 is 0 Å². The van der Waals surface area contributed by atoms with Gasteiger partial charge in [0, 0.05) is 11.0 Å². The minimum absolute atomic E-state index is 0.189. The molecule has 0 aliphatic rings. The van der Waals surface area contributed by atoms with E-state index in [-0.39, 0.29) is 9.92 Å². The third-order valence-corrected chi connectivity index (χ3v) is 4.16. The van der Waals surface area contributed by atoms with Crippen LogP contribution in [0.3, 0.4) is 0 Å². The Morgan fingerprint density at radius 3 is 2.44 bits per heavy atom. The van der Waals surface area contributed by atoms with Crippen molar-refractivity contribution >= 4 is 28.1 Å². The fourth-order valence-electron chi connectivity index (χ4n) is 1.19. The first-order valence-corrected chi connectivity index (χ1v) is 6.27. The highest BCUT2D eigenvalue weighted by molar-refractivity contribution is 8.01. The van der Waals surface area contributed by atoms with E-state index in [9.17, 15) is 10.1 Å². The van der Waals surface area contributed by atoms with Crippen LogP contribution in [0.4, 0.5) is 5.00 Å². The van der Waals surface area contributed by atoms with Crippen LogP contribution < -0.4 is 0 Å². The van der Waals surface area contributed by atoms with Gasteiger partial charge in [0.15, 0.2) is 0 Å². The van der Waals surface area contributed by atoms with Crippen molar-refractivity contribution in [2.24, 2.45) is 0 Å². The predicted octanol–water partition coefficient (Wildman–Crippen LogP) is 4.12. The summed E-state index contributed by atoms with van der Waals surface area (Å²) in [4.78, 5) is 11.3. The van der Waals surface area contributed by atoms with E-state index in [1.807, 2.05) is 31.2 Å². The Labute approximate surface area is 101 Å². The molecule has 3 nitrogen and oxygen atoms in total. The number of hydrogen-bond acceptors (Lipinski definition) is 4. The monoisotopic (exact) mass is 251 g/mol. The normalized spacial score (nSPS) is 10.3. The van der Waals surface area contributed by atoms with E-state index in [0.717, 1.165) is 9.10 Å². The molecule has 0 saturated heterocycles. The van der Waals surface area contributed by atoms with Crippen molar-refractivity contribution in [1.29, 1.82) is 0 Å². The highest BCUT2D eigenvalue weighted by atomic mass is 32.2. The zero-order valence-electron chi connectivity index (χ0n) is 8.54. The van der Waals surface area contributed by atoms with Crippen molar-refractivity contribution in [3.05, 3.63) is 52.1 Å². The summed E-state index contributed by atoms with van der Waals surface area (Å²) in [5.74, 6) is 0. The molecule has 0 radical (unpaired) electrons. The lowest BCUT2D eigenvalue weighted by molar-refractivity contribution is -0.380. The molecule has 0 saturated carbocycles. The first-order valence-electron chi connectivity index (χ1n) is 4.64. The lowest BCUT2D eigenvalue weighted by Crippen LogP contribution is -1.80. The molecule has 0 aliphatic carbocycles. The Bertz CT molecular complexity index is 505. The average molecular weight is 251 g/mol. The summed E-state index contributed by atoms with van der Waals surface area (Å²) in [6, 6.07) is 11.4. The summed E-state index contributed by atoms with van der Waals surface area (Å²) < 4.78 is 0.940. The second-order valence-corrected chi connectivity index (χ2v) is 5.70. The van der Waals surface area contributed by atoms with Crippen LogP contribution >= 0.6 is 23.1 Å². The van der Waals surface area contributed by atoms with Gasteiger partial charge in [0.25, 0.3) is 0 Å². The smallest absolute Gasteiger partial charge is 0.258 e. The van der Waals surface area contributed by atoms with Crippen LogP contribution in [0, 0.1) is 17.0 Å². The van der Waals surface area contributed by atoms with E-state index in [1.165, 1.54) is 16.9 Å². The molecule has 0 bridgehead atoms. The highest BCUT2D eigenvalue weighted by Crippen LogP contribution is 2.36. The molecule has 0 fully saturated rings. The number of rotatable bonds is 3. The highest BCUT2D eigenvalue weighted by Gasteiger charge is 2.10. The predicted molar refractivity (Wildman–Crippen MR) is 66.3 cm³/mol. The molecule has 0 aliphatic heterocycles. The number of hydrogen-bond donors (Lipinski definition) is 0. The maximum atomic E-state index is 10.5. The number of nitrogens with zero attached hydrogens (tertiary/aromatic N) is 1. The van der Waals surface area contributed by atoms with Gasteiger partial charge in [-0.2, -0.15) is 0 Å². The Kier molecular flexibility index (Phi) is 3.26. The van der Waals surface area contributed by atoms with Gasteiger partial charge in [0.1, 0.15) is 0 Å². The van der Waals surface area contributed by atoms with Gasteiger partial charge in [-0.15, -0.1) is 0 Å². The van der Waals surface area contributed by atoms with E-state index in [4.69, 9.17) is 0 Å². The van der Waals surface area contributed by atoms with Gasteiger partial charge in [-0.05, 0) is 25.1 Å². The fraction of sp³-hybridized carbons (Fsp3) is 0.0909. The molecule has 2 aromatic rings.